The van der Waals surface area contributed by atoms with Gasteiger partial charge >= 0.3 is 0 Å². The third kappa shape index (κ3) is 4.20. The van der Waals surface area contributed by atoms with Gasteiger partial charge in [-0.25, -0.2) is 9.37 Å². The molecule has 122 valence electrons. The molecular formula is C18H16ClFN4. The molecule has 0 aliphatic heterocycles. The lowest BCUT2D eigenvalue weighted by Gasteiger charge is -2.10. The molecule has 1 aromatic heterocycles. The van der Waals surface area contributed by atoms with Crippen molar-refractivity contribution in [2.75, 3.05) is 10.6 Å². The zero-order chi connectivity index (χ0) is 16.9. The van der Waals surface area contributed by atoms with Gasteiger partial charge in [-0.2, -0.15) is 4.98 Å². The van der Waals surface area contributed by atoms with Crippen molar-refractivity contribution < 1.29 is 4.39 Å². The Hall–Kier alpha value is -2.66. The standard InChI is InChI=1S/C18H16ClFN4/c1-12-10-17(21-11-13-4-2-3-5-16(13)20)24-18(22-12)23-15-8-6-14(19)7-9-15/h2-10H,11H2,1H3,(H2,21,22,23,24). The maximum atomic E-state index is 13.7. The highest BCUT2D eigenvalue weighted by Gasteiger charge is 2.05. The molecule has 0 aliphatic carbocycles. The van der Waals surface area contributed by atoms with Gasteiger partial charge in [0.15, 0.2) is 0 Å². The molecule has 1 heterocycles. The predicted octanol–water partition coefficient (Wildman–Crippen LogP) is 4.93. The van der Waals surface area contributed by atoms with Crippen LogP contribution in [0.25, 0.3) is 0 Å². The minimum absolute atomic E-state index is 0.240. The van der Waals surface area contributed by atoms with Crippen LogP contribution in [0.1, 0.15) is 11.3 Å². The van der Waals surface area contributed by atoms with E-state index in [2.05, 4.69) is 20.6 Å². The molecule has 3 rings (SSSR count). The maximum Gasteiger partial charge on any atom is 0.229 e. The molecule has 0 fully saturated rings. The topological polar surface area (TPSA) is 49.8 Å². The summed E-state index contributed by atoms with van der Waals surface area (Å²) >= 11 is 5.88. The first-order chi connectivity index (χ1) is 11.6. The lowest BCUT2D eigenvalue weighted by molar-refractivity contribution is 0.613. The van der Waals surface area contributed by atoms with E-state index in [1.165, 1.54) is 6.07 Å². The van der Waals surface area contributed by atoms with Crippen LogP contribution in [-0.4, -0.2) is 9.97 Å². The van der Waals surface area contributed by atoms with E-state index >= 15 is 0 Å². The molecule has 6 heteroatoms. The van der Waals surface area contributed by atoms with Crippen molar-refractivity contribution in [2.45, 2.75) is 13.5 Å². The minimum atomic E-state index is -0.240. The molecule has 0 bridgehead atoms. The van der Waals surface area contributed by atoms with Crippen LogP contribution in [0.15, 0.2) is 54.6 Å². The van der Waals surface area contributed by atoms with Crippen molar-refractivity contribution in [2.24, 2.45) is 0 Å². The fourth-order valence-corrected chi connectivity index (χ4v) is 2.33. The monoisotopic (exact) mass is 342 g/mol. The van der Waals surface area contributed by atoms with Crippen molar-refractivity contribution >= 4 is 29.1 Å². The van der Waals surface area contributed by atoms with Crippen LogP contribution in [-0.2, 0) is 6.54 Å². The third-order valence-electron chi connectivity index (χ3n) is 3.37. The third-order valence-corrected chi connectivity index (χ3v) is 3.62. The average Bonchev–Trinajstić information content (AvgIpc) is 2.56. The number of hydrogen-bond acceptors (Lipinski definition) is 4. The van der Waals surface area contributed by atoms with E-state index in [0.717, 1.165) is 11.4 Å². The number of nitrogens with one attached hydrogen (secondary N) is 2. The van der Waals surface area contributed by atoms with Gasteiger partial charge in [-0.15, -0.1) is 0 Å². The average molecular weight is 343 g/mol. The molecule has 24 heavy (non-hydrogen) atoms. The summed E-state index contributed by atoms with van der Waals surface area (Å²) in [4.78, 5) is 8.76. The van der Waals surface area contributed by atoms with Crippen LogP contribution in [0, 0.1) is 12.7 Å². The number of aromatic nitrogens is 2. The van der Waals surface area contributed by atoms with Crippen LogP contribution in [0.3, 0.4) is 0 Å². The van der Waals surface area contributed by atoms with E-state index in [1.807, 2.05) is 25.1 Å². The first-order valence-corrected chi connectivity index (χ1v) is 7.83. The predicted molar refractivity (Wildman–Crippen MR) is 95.2 cm³/mol. The highest BCUT2D eigenvalue weighted by Crippen LogP contribution is 2.19. The fourth-order valence-electron chi connectivity index (χ4n) is 2.20. The Labute approximate surface area is 144 Å². The number of rotatable bonds is 5. The van der Waals surface area contributed by atoms with Gasteiger partial charge < -0.3 is 10.6 Å². The quantitative estimate of drug-likeness (QED) is 0.690. The van der Waals surface area contributed by atoms with Crippen molar-refractivity contribution in [3.05, 3.63) is 76.7 Å². The molecule has 0 saturated carbocycles. The van der Waals surface area contributed by atoms with Gasteiger partial charge in [-0.1, -0.05) is 29.8 Å². The smallest absolute Gasteiger partial charge is 0.229 e. The SMILES string of the molecule is Cc1cc(NCc2ccccc2F)nc(Nc2ccc(Cl)cc2)n1. The van der Waals surface area contributed by atoms with Gasteiger partial charge in [0.25, 0.3) is 0 Å². The summed E-state index contributed by atoms with van der Waals surface area (Å²) in [6, 6.07) is 15.7. The molecule has 0 amide bonds. The largest absolute Gasteiger partial charge is 0.366 e. The van der Waals surface area contributed by atoms with Gasteiger partial charge in [0.1, 0.15) is 11.6 Å². The highest BCUT2D eigenvalue weighted by atomic mass is 35.5. The second kappa shape index (κ2) is 7.27. The zero-order valence-corrected chi connectivity index (χ0v) is 13.8. The molecule has 4 nitrogen and oxygen atoms in total. The Kier molecular flexibility index (Phi) is 4.91. The molecule has 0 spiro atoms. The van der Waals surface area contributed by atoms with Crippen molar-refractivity contribution in [3.63, 3.8) is 0 Å². The summed E-state index contributed by atoms with van der Waals surface area (Å²) < 4.78 is 13.7. The first-order valence-electron chi connectivity index (χ1n) is 7.46. The van der Waals surface area contributed by atoms with Crippen molar-refractivity contribution in [1.82, 2.24) is 9.97 Å². The number of nitrogens with zero attached hydrogens (tertiary/aromatic N) is 2. The normalized spacial score (nSPS) is 10.5. The molecular weight excluding hydrogens is 327 g/mol. The van der Waals surface area contributed by atoms with E-state index < -0.39 is 0 Å². The Morgan fingerprint density at radius 3 is 2.54 bits per heavy atom. The summed E-state index contributed by atoms with van der Waals surface area (Å²) in [6.07, 6.45) is 0. The Balaban J connectivity index is 1.74. The summed E-state index contributed by atoms with van der Waals surface area (Å²) in [5.41, 5.74) is 2.23. The number of hydrogen-bond donors (Lipinski definition) is 2. The van der Waals surface area contributed by atoms with Crippen molar-refractivity contribution in [3.8, 4) is 0 Å². The Morgan fingerprint density at radius 2 is 1.79 bits per heavy atom. The molecule has 0 unspecified atom stereocenters. The minimum Gasteiger partial charge on any atom is -0.366 e. The summed E-state index contributed by atoms with van der Waals surface area (Å²) in [6.45, 7) is 2.23. The van der Waals surface area contributed by atoms with Crippen LogP contribution >= 0.6 is 11.6 Å². The van der Waals surface area contributed by atoms with E-state index in [1.54, 1.807) is 30.3 Å². The fraction of sp³-hybridized carbons (Fsp3) is 0.111. The lowest BCUT2D eigenvalue weighted by atomic mass is 10.2. The second-order valence-electron chi connectivity index (χ2n) is 5.30. The number of halogens is 2. The second-order valence-corrected chi connectivity index (χ2v) is 5.73. The molecule has 3 aromatic rings. The van der Waals surface area contributed by atoms with E-state index in [-0.39, 0.29) is 5.82 Å². The van der Waals surface area contributed by atoms with Gasteiger partial charge in [0.05, 0.1) is 0 Å². The molecule has 0 aliphatic rings. The van der Waals surface area contributed by atoms with Gasteiger partial charge in [0.2, 0.25) is 5.95 Å². The van der Waals surface area contributed by atoms with Gasteiger partial charge in [-0.3, -0.25) is 0 Å². The Bertz CT molecular complexity index is 837. The Morgan fingerprint density at radius 1 is 1.04 bits per heavy atom. The van der Waals surface area contributed by atoms with Gasteiger partial charge in [-0.05, 0) is 37.3 Å². The molecule has 2 N–H and O–H groups in total. The molecule has 2 aromatic carbocycles. The van der Waals surface area contributed by atoms with Gasteiger partial charge in [0, 0.05) is 34.6 Å². The van der Waals surface area contributed by atoms with E-state index in [0.29, 0.717) is 28.9 Å². The van der Waals surface area contributed by atoms with Crippen LogP contribution in [0.2, 0.25) is 5.02 Å². The number of aryl methyl sites for hydroxylation is 1. The highest BCUT2D eigenvalue weighted by molar-refractivity contribution is 6.30. The number of anilines is 3. The maximum absolute atomic E-state index is 13.7. The van der Waals surface area contributed by atoms with Crippen LogP contribution in [0.4, 0.5) is 21.8 Å². The van der Waals surface area contributed by atoms with Crippen LogP contribution in [0.5, 0.6) is 0 Å². The summed E-state index contributed by atoms with van der Waals surface area (Å²) in [7, 11) is 0. The number of benzene rings is 2. The molecule has 0 saturated heterocycles. The van der Waals surface area contributed by atoms with Crippen LogP contribution < -0.4 is 10.6 Å². The summed E-state index contributed by atoms with van der Waals surface area (Å²) in [5.74, 6) is 0.853. The first kappa shape index (κ1) is 16.2. The lowest BCUT2D eigenvalue weighted by Crippen LogP contribution is -2.06. The van der Waals surface area contributed by atoms with E-state index in [9.17, 15) is 4.39 Å². The molecule has 0 atom stereocenters. The van der Waals surface area contributed by atoms with Crippen molar-refractivity contribution in [1.29, 1.82) is 0 Å². The summed E-state index contributed by atoms with van der Waals surface area (Å²) in [5, 5.41) is 6.92. The van der Waals surface area contributed by atoms with E-state index in [4.69, 9.17) is 11.6 Å². The molecule has 0 radical (unpaired) electrons. The zero-order valence-electron chi connectivity index (χ0n) is 13.1.